The van der Waals surface area contributed by atoms with Crippen LogP contribution >= 0.6 is 23.2 Å². The third-order valence-electron chi connectivity index (χ3n) is 5.62. The summed E-state index contributed by atoms with van der Waals surface area (Å²) in [5, 5.41) is 7.07. The van der Waals surface area contributed by atoms with Gasteiger partial charge in [-0.1, -0.05) is 35.7 Å². The van der Waals surface area contributed by atoms with Gasteiger partial charge < -0.3 is 9.88 Å². The third kappa shape index (κ3) is 2.62. The summed E-state index contributed by atoms with van der Waals surface area (Å²) in [4.78, 5) is 4.39. The Morgan fingerprint density at radius 2 is 2.04 bits per heavy atom. The number of halogens is 2. The monoisotopic (exact) mass is 383 g/mol. The van der Waals surface area contributed by atoms with Crippen molar-refractivity contribution in [3.05, 3.63) is 58.5 Å². The van der Waals surface area contributed by atoms with E-state index < -0.39 is 0 Å². The number of hydrogen-bond acceptors (Lipinski definition) is 2. The van der Waals surface area contributed by atoms with E-state index in [0.29, 0.717) is 11.7 Å². The lowest BCUT2D eigenvalue weighted by molar-refractivity contribution is 0.282. The summed E-state index contributed by atoms with van der Waals surface area (Å²) < 4.78 is 2.45. The normalized spacial score (nSPS) is 17.8. The first-order chi connectivity index (χ1) is 12.7. The number of allylic oxidation sites excluding steroid dienone is 2. The number of hydrogen-bond donors (Lipinski definition) is 1. The molecule has 1 N–H and O–H groups in total. The first kappa shape index (κ1) is 16.2. The van der Waals surface area contributed by atoms with E-state index in [-0.39, 0.29) is 0 Å². The number of fused-ring (bicyclic) bond motifs is 3. The number of benzene rings is 1. The number of nitrogens with one attached hydrogen (secondary N) is 1. The van der Waals surface area contributed by atoms with Crippen molar-refractivity contribution in [2.45, 2.75) is 25.8 Å². The van der Waals surface area contributed by atoms with Crippen molar-refractivity contribution in [1.29, 1.82) is 0 Å². The second-order valence-electron chi connectivity index (χ2n) is 7.21. The van der Waals surface area contributed by atoms with Crippen LogP contribution in [0.4, 0.5) is 0 Å². The summed E-state index contributed by atoms with van der Waals surface area (Å²) in [5.41, 5.74) is 4.82. The van der Waals surface area contributed by atoms with Crippen LogP contribution in [0.1, 0.15) is 24.8 Å². The van der Waals surface area contributed by atoms with Gasteiger partial charge in [-0.05, 0) is 48.6 Å². The van der Waals surface area contributed by atoms with E-state index >= 15 is 0 Å². The fourth-order valence-electron chi connectivity index (χ4n) is 4.07. The molecule has 26 heavy (non-hydrogen) atoms. The molecule has 5 heteroatoms. The predicted octanol–water partition coefficient (Wildman–Crippen LogP) is 5.71. The van der Waals surface area contributed by atoms with Gasteiger partial charge in [0.05, 0.1) is 17.2 Å². The van der Waals surface area contributed by atoms with Crippen molar-refractivity contribution < 1.29 is 0 Å². The molecule has 1 saturated carbocycles. The number of aromatic nitrogens is 2. The van der Waals surface area contributed by atoms with Gasteiger partial charge in [0.15, 0.2) is 0 Å². The van der Waals surface area contributed by atoms with Gasteiger partial charge in [0, 0.05) is 40.6 Å². The zero-order chi connectivity index (χ0) is 17.7. The molecular weight excluding hydrogens is 365 g/mol. The summed E-state index contributed by atoms with van der Waals surface area (Å²) in [5.74, 6) is 0.755. The highest BCUT2D eigenvalue weighted by atomic mass is 35.5. The number of rotatable bonds is 3. The molecular formula is C21H19Cl2N3. The van der Waals surface area contributed by atoms with E-state index in [1.165, 1.54) is 52.2 Å². The molecule has 1 aliphatic heterocycles. The third-order valence-corrected chi connectivity index (χ3v) is 6.09. The summed E-state index contributed by atoms with van der Waals surface area (Å²) in [7, 11) is 0. The molecule has 0 radical (unpaired) electrons. The van der Waals surface area contributed by atoms with Crippen molar-refractivity contribution in [3.63, 3.8) is 0 Å². The van der Waals surface area contributed by atoms with Crippen LogP contribution in [0, 0.1) is 5.92 Å². The minimum absolute atomic E-state index is 0.672. The van der Waals surface area contributed by atoms with Gasteiger partial charge in [-0.15, -0.1) is 0 Å². The highest BCUT2D eigenvalue weighted by Crippen LogP contribution is 2.39. The number of dihydropyridines is 1. The van der Waals surface area contributed by atoms with Crippen LogP contribution in [0.3, 0.4) is 0 Å². The van der Waals surface area contributed by atoms with Crippen LogP contribution < -0.4 is 5.32 Å². The van der Waals surface area contributed by atoms with Crippen molar-refractivity contribution in [3.8, 4) is 0 Å². The van der Waals surface area contributed by atoms with Crippen LogP contribution in [0.2, 0.25) is 5.02 Å². The molecule has 1 aliphatic carbocycles. The van der Waals surface area contributed by atoms with Gasteiger partial charge in [0.2, 0.25) is 0 Å². The van der Waals surface area contributed by atoms with Gasteiger partial charge in [0.1, 0.15) is 5.16 Å². The minimum Gasteiger partial charge on any atom is -0.372 e. The Hall–Kier alpha value is -1.97. The molecule has 5 rings (SSSR count). The molecule has 3 aromatic rings. The van der Waals surface area contributed by atoms with Gasteiger partial charge >= 0.3 is 0 Å². The van der Waals surface area contributed by atoms with Gasteiger partial charge in [0.25, 0.3) is 0 Å². The summed E-state index contributed by atoms with van der Waals surface area (Å²) in [6.07, 6.45) is 11.8. The first-order valence-electron chi connectivity index (χ1n) is 9.07. The maximum Gasteiger partial charge on any atom is 0.102 e. The Kier molecular flexibility index (Phi) is 3.95. The summed E-state index contributed by atoms with van der Waals surface area (Å²) in [6, 6.07) is 6.26. The van der Waals surface area contributed by atoms with Gasteiger partial charge in [-0.3, -0.25) is 4.98 Å². The molecule has 132 valence electrons. The van der Waals surface area contributed by atoms with E-state index in [2.05, 4.69) is 39.1 Å². The second-order valence-corrected chi connectivity index (χ2v) is 8.05. The molecule has 0 bridgehead atoms. The molecule has 1 fully saturated rings. The average molecular weight is 384 g/mol. The highest BCUT2D eigenvalue weighted by Gasteiger charge is 2.23. The average Bonchev–Trinajstić information content (AvgIpc) is 2.92. The Labute approximate surface area is 162 Å². The second kappa shape index (κ2) is 6.33. The van der Waals surface area contributed by atoms with Gasteiger partial charge in [-0.2, -0.15) is 0 Å². The van der Waals surface area contributed by atoms with Crippen LogP contribution in [0.5, 0.6) is 0 Å². The SMILES string of the molecule is ClC1=CC=C(c2cc(Cl)cc3c4ccncc4n(CC4CCC4)c23)CN1. The molecule has 3 heterocycles. The fourth-order valence-corrected chi connectivity index (χ4v) is 4.42. The zero-order valence-electron chi connectivity index (χ0n) is 14.3. The van der Waals surface area contributed by atoms with Crippen molar-refractivity contribution in [2.24, 2.45) is 5.92 Å². The van der Waals surface area contributed by atoms with Crippen LogP contribution in [0.25, 0.3) is 27.4 Å². The number of nitrogens with zero attached hydrogens (tertiary/aromatic N) is 2. The maximum atomic E-state index is 6.51. The molecule has 0 atom stereocenters. The summed E-state index contributed by atoms with van der Waals surface area (Å²) >= 11 is 12.6. The Morgan fingerprint density at radius 3 is 2.77 bits per heavy atom. The molecule has 0 saturated heterocycles. The fraction of sp³-hybridized carbons (Fsp3) is 0.286. The quantitative estimate of drug-likeness (QED) is 0.586. The molecule has 0 unspecified atom stereocenters. The van der Waals surface area contributed by atoms with Crippen LogP contribution in [-0.4, -0.2) is 16.1 Å². The topological polar surface area (TPSA) is 29.9 Å². The van der Waals surface area contributed by atoms with Crippen LogP contribution in [-0.2, 0) is 6.54 Å². The lowest BCUT2D eigenvalue weighted by Crippen LogP contribution is -2.19. The smallest absolute Gasteiger partial charge is 0.102 e. The standard InChI is InChI=1S/C21H19Cl2N3/c22-15-8-17(14-4-5-20(23)25-10-14)21-18(9-15)16-6-7-24-11-19(16)26(21)12-13-2-1-3-13/h4-9,11,13,25H,1-3,10,12H2. The van der Waals surface area contributed by atoms with Gasteiger partial charge in [-0.25, -0.2) is 0 Å². The molecule has 2 aromatic heterocycles. The van der Waals surface area contributed by atoms with E-state index in [9.17, 15) is 0 Å². The Morgan fingerprint density at radius 1 is 1.15 bits per heavy atom. The summed E-state index contributed by atoms with van der Waals surface area (Å²) in [6.45, 7) is 1.74. The van der Waals surface area contributed by atoms with E-state index in [1.807, 2.05) is 18.5 Å². The molecule has 0 spiro atoms. The Balaban J connectivity index is 1.81. The maximum absolute atomic E-state index is 6.51. The van der Waals surface area contributed by atoms with Crippen molar-refractivity contribution in [1.82, 2.24) is 14.9 Å². The van der Waals surface area contributed by atoms with E-state index in [1.54, 1.807) is 0 Å². The molecule has 0 amide bonds. The van der Waals surface area contributed by atoms with E-state index in [4.69, 9.17) is 23.2 Å². The minimum atomic E-state index is 0.672. The molecule has 2 aliphatic rings. The lowest BCUT2D eigenvalue weighted by atomic mass is 9.85. The van der Waals surface area contributed by atoms with Crippen molar-refractivity contribution >= 4 is 50.6 Å². The van der Waals surface area contributed by atoms with Crippen molar-refractivity contribution in [2.75, 3.05) is 6.54 Å². The largest absolute Gasteiger partial charge is 0.372 e. The van der Waals surface area contributed by atoms with E-state index in [0.717, 1.165) is 17.5 Å². The first-order valence-corrected chi connectivity index (χ1v) is 9.82. The lowest BCUT2D eigenvalue weighted by Gasteiger charge is -2.27. The molecule has 1 aromatic carbocycles. The predicted molar refractivity (Wildman–Crippen MR) is 110 cm³/mol. The number of pyridine rings is 1. The van der Waals surface area contributed by atoms with Crippen LogP contribution in [0.15, 0.2) is 47.9 Å². The Bertz CT molecular complexity index is 1070. The highest BCUT2D eigenvalue weighted by molar-refractivity contribution is 6.32. The zero-order valence-corrected chi connectivity index (χ0v) is 15.8. The molecule has 3 nitrogen and oxygen atoms in total.